The van der Waals surface area contributed by atoms with Gasteiger partial charge in [0.1, 0.15) is 0 Å². The lowest BCUT2D eigenvalue weighted by Crippen LogP contribution is -2.63. The van der Waals surface area contributed by atoms with Crippen LogP contribution >= 0.6 is 0 Å². The van der Waals surface area contributed by atoms with Gasteiger partial charge in [-0.1, -0.05) is 13.3 Å². The predicted molar refractivity (Wildman–Crippen MR) is 74.3 cm³/mol. The van der Waals surface area contributed by atoms with Gasteiger partial charge in [-0.15, -0.1) is 0 Å². The molecule has 0 aromatic carbocycles. The molecule has 0 bridgehead atoms. The van der Waals surface area contributed by atoms with E-state index < -0.39 is 0 Å². The number of hydrogen-bond donors (Lipinski definition) is 1. The molecule has 1 saturated carbocycles. The Hall–Kier alpha value is -0.0800. The van der Waals surface area contributed by atoms with Gasteiger partial charge in [-0.05, 0) is 52.4 Å². The maximum atomic E-state index is 3.66. The van der Waals surface area contributed by atoms with E-state index in [4.69, 9.17) is 0 Å². The van der Waals surface area contributed by atoms with E-state index in [0.717, 1.165) is 18.5 Å². The molecule has 1 N–H and O–H groups in total. The van der Waals surface area contributed by atoms with Gasteiger partial charge < -0.3 is 5.32 Å². The Morgan fingerprint density at radius 1 is 1.18 bits per heavy atom. The highest BCUT2D eigenvalue weighted by atomic mass is 15.3. The van der Waals surface area contributed by atoms with Crippen molar-refractivity contribution in [1.29, 1.82) is 0 Å². The molecule has 2 rings (SSSR count). The van der Waals surface area contributed by atoms with Gasteiger partial charge in [0.25, 0.3) is 0 Å². The van der Waals surface area contributed by atoms with Crippen molar-refractivity contribution in [1.82, 2.24) is 10.2 Å². The Balaban J connectivity index is 1.92. The summed E-state index contributed by atoms with van der Waals surface area (Å²) in [5.74, 6) is 1.01. The standard InChI is InChI=1S/C15H30N2/c1-5-13-6-8-14(9-7-13)17-11-15(3,4)16-10-12(17)2/h12-14,16H,5-11H2,1-4H3. The SMILES string of the molecule is CCC1CCC(N2CC(C)(C)NCC2C)CC1. The van der Waals surface area contributed by atoms with Crippen LogP contribution in [0.1, 0.15) is 59.8 Å². The largest absolute Gasteiger partial charge is 0.309 e. The second kappa shape index (κ2) is 5.27. The smallest absolute Gasteiger partial charge is 0.0253 e. The molecule has 0 radical (unpaired) electrons. The molecule has 2 nitrogen and oxygen atoms in total. The van der Waals surface area contributed by atoms with Crippen molar-refractivity contribution in [2.45, 2.75) is 77.4 Å². The zero-order chi connectivity index (χ0) is 12.5. The summed E-state index contributed by atoms with van der Waals surface area (Å²) in [6.07, 6.45) is 7.16. The minimum atomic E-state index is 0.300. The lowest BCUT2D eigenvalue weighted by atomic mass is 9.82. The topological polar surface area (TPSA) is 15.3 Å². The van der Waals surface area contributed by atoms with Crippen LogP contribution in [0.5, 0.6) is 0 Å². The number of nitrogens with zero attached hydrogens (tertiary/aromatic N) is 1. The molecule has 1 aliphatic carbocycles. The van der Waals surface area contributed by atoms with Crippen molar-refractivity contribution >= 4 is 0 Å². The average molecular weight is 238 g/mol. The third-order valence-corrected chi connectivity index (χ3v) is 4.88. The third-order valence-electron chi connectivity index (χ3n) is 4.88. The monoisotopic (exact) mass is 238 g/mol. The van der Waals surface area contributed by atoms with Crippen LogP contribution in [-0.4, -0.2) is 35.6 Å². The van der Waals surface area contributed by atoms with Gasteiger partial charge in [-0.3, -0.25) is 4.90 Å². The van der Waals surface area contributed by atoms with E-state index in [2.05, 4.69) is 37.9 Å². The molecule has 1 atom stereocenters. The molecule has 0 aromatic heterocycles. The van der Waals surface area contributed by atoms with E-state index in [9.17, 15) is 0 Å². The minimum absolute atomic E-state index is 0.300. The number of hydrogen-bond acceptors (Lipinski definition) is 2. The molecule has 0 spiro atoms. The van der Waals surface area contributed by atoms with E-state index in [-0.39, 0.29) is 0 Å². The van der Waals surface area contributed by atoms with E-state index in [1.165, 1.54) is 38.6 Å². The van der Waals surface area contributed by atoms with E-state index >= 15 is 0 Å². The van der Waals surface area contributed by atoms with Crippen molar-refractivity contribution in [3.05, 3.63) is 0 Å². The Morgan fingerprint density at radius 3 is 2.41 bits per heavy atom. The van der Waals surface area contributed by atoms with Crippen molar-refractivity contribution < 1.29 is 0 Å². The van der Waals surface area contributed by atoms with E-state index in [0.29, 0.717) is 11.6 Å². The summed E-state index contributed by atoms with van der Waals surface area (Å²) >= 11 is 0. The molecule has 2 heteroatoms. The van der Waals surface area contributed by atoms with Crippen molar-refractivity contribution in [2.75, 3.05) is 13.1 Å². The summed E-state index contributed by atoms with van der Waals surface area (Å²) in [4.78, 5) is 2.78. The highest BCUT2D eigenvalue weighted by Gasteiger charge is 2.35. The van der Waals surface area contributed by atoms with Gasteiger partial charge >= 0.3 is 0 Å². The molecule has 1 aliphatic heterocycles. The summed E-state index contributed by atoms with van der Waals surface area (Å²) in [7, 11) is 0. The summed E-state index contributed by atoms with van der Waals surface area (Å²) in [6.45, 7) is 11.8. The molecule has 0 amide bonds. The zero-order valence-electron chi connectivity index (χ0n) is 12.1. The molecule has 1 heterocycles. The lowest BCUT2D eigenvalue weighted by Gasteiger charge is -2.48. The van der Waals surface area contributed by atoms with E-state index in [1.807, 2.05) is 0 Å². The molecule has 1 unspecified atom stereocenters. The Morgan fingerprint density at radius 2 is 1.82 bits per heavy atom. The average Bonchev–Trinajstić information content (AvgIpc) is 2.33. The van der Waals surface area contributed by atoms with Gasteiger partial charge in [0.15, 0.2) is 0 Å². The summed E-state index contributed by atoms with van der Waals surface area (Å²) in [5, 5.41) is 3.66. The molecule has 100 valence electrons. The first-order valence-corrected chi connectivity index (χ1v) is 7.52. The Kier molecular flexibility index (Phi) is 4.14. The van der Waals surface area contributed by atoms with Crippen LogP contribution in [0.3, 0.4) is 0 Å². The fraction of sp³-hybridized carbons (Fsp3) is 1.00. The summed E-state index contributed by atoms with van der Waals surface area (Å²) < 4.78 is 0. The van der Waals surface area contributed by atoms with Crippen LogP contribution in [0.2, 0.25) is 0 Å². The van der Waals surface area contributed by atoms with Crippen LogP contribution in [0.15, 0.2) is 0 Å². The molecule has 1 saturated heterocycles. The second-order valence-corrected chi connectivity index (χ2v) is 6.87. The fourth-order valence-electron chi connectivity index (χ4n) is 3.58. The summed E-state index contributed by atoms with van der Waals surface area (Å²) in [6, 6.07) is 1.57. The molecular formula is C15H30N2. The Bertz CT molecular complexity index is 241. The van der Waals surface area contributed by atoms with Gasteiger partial charge in [0.2, 0.25) is 0 Å². The maximum absolute atomic E-state index is 3.66. The lowest BCUT2D eigenvalue weighted by molar-refractivity contribution is 0.0382. The first-order chi connectivity index (χ1) is 8.02. The molecule has 0 aromatic rings. The first kappa shape index (κ1) is 13.4. The normalized spacial score (nSPS) is 39.2. The molecular weight excluding hydrogens is 208 g/mol. The maximum Gasteiger partial charge on any atom is 0.0253 e. The number of piperazine rings is 1. The quantitative estimate of drug-likeness (QED) is 0.795. The van der Waals surface area contributed by atoms with Gasteiger partial charge in [0.05, 0.1) is 0 Å². The highest BCUT2D eigenvalue weighted by Crippen LogP contribution is 2.32. The minimum Gasteiger partial charge on any atom is -0.309 e. The number of rotatable bonds is 2. The first-order valence-electron chi connectivity index (χ1n) is 7.52. The zero-order valence-corrected chi connectivity index (χ0v) is 12.1. The van der Waals surface area contributed by atoms with Crippen molar-refractivity contribution in [2.24, 2.45) is 5.92 Å². The fourth-order valence-corrected chi connectivity index (χ4v) is 3.58. The van der Waals surface area contributed by atoms with Crippen LogP contribution in [0, 0.1) is 5.92 Å². The van der Waals surface area contributed by atoms with Crippen LogP contribution < -0.4 is 5.32 Å². The molecule has 17 heavy (non-hydrogen) atoms. The predicted octanol–water partition coefficient (Wildman–Crippen LogP) is 3.03. The summed E-state index contributed by atoms with van der Waals surface area (Å²) in [5.41, 5.74) is 0.300. The van der Waals surface area contributed by atoms with Crippen LogP contribution in [-0.2, 0) is 0 Å². The Labute approximate surface area is 107 Å². The third kappa shape index (κ3) is 3.23. The van der Waals surface area contributed by atoms with Crippen molar-refractivity contribution in [3.8, 4) is 0 Å². The van der Waals surface area contributed by atoms with Crippen LogP contribution in [0.25, 0.3) is 0 Å². The van der Waals surface area contributed by atoms with Crippen LogP contribution in [0.4, 0.5) is 0 Å². The number of nitrogens with one attached hydrogen (secondary N) is 1. The van der Waals surface area contributed by atoms with E-state index in [1.54, 1.807) is 0 Å². The molecule has 2 aliphatic rings. The highest BCUT2D eigenvalue weighted by molar-refractivity contribution is 4.94. The van der Waals surface area contributed by atoms with Crippen molar-refractivity contribution in [3.63, 3.8) is 0 Å². The molecule has 2 fully saturated rings. The second-order valence-electron chi connectivity index (χ2n) is 6.87. The van der Waals surface area contributed by atoms with Gasteiger partial charge in [-0.2, -0.15) is 0 Å². The van der Waals surface area contributed by atoms with Gasteiger partial charge in [-0.25, -0.2) is 0 Å². The van der Waals surface area contributed by atoms with Gasteiger partial charge in [0, 0.05) is 30.7 Å².